The molecule has 0 bridgehead atoms. The summed E-state index contributed by atoms with van der Waals surface area (Å²) < 4.78 is 0. The lowest BCUT2D eigenvalue weighted by atomic mass is 10.0. The zero-order chi connectivity index (χ0) is 12.6. The number of rotatable bonds is 6. The predicted octanol–water partition coefficient (Wildman–Crippen LogP) is 3.07. The summed E-state index contributed by atoms with van der Waals surface area (Å²) in [5.74, 6) is 0. The van der Waals surface area contributed by atoms with Crippen molar-refractivity contribution in [3.63, 3.8) is 0 Å². The van der Waals surface area contributed by atoms with Crippen LogP contribution in [-0.2, 0) is 6.42 Å². The molecule has 18 heavy (non-hydrogen) atoms. The fourth-order valence-electron chi connectivity index (χ4n) is 2.13. The third-order valence-corrected chi connectivity index (χ3v) is 3.23. The molecule has 0 spiro atoms. The topological polar surface area (TPSA) is 38.0 Å². The van der Waals surface area contributed by atoms with Crippen molar-refractivity contribution in [2.24, 2.45) is 0 Å². The molecule has 0 unspecified atom stereocenters. The Morgan fingerprint density at radius 3 is 2.50 bits per heavy atom. The average molecular weight is 242 g/mol. The first-order valence-electron chi connectivity index (χ1n) is 6.75. The largest absolute Gasteiger partial charge is 0.399 e. The smallest absolute Gasteiger partial charge is 0.0314 e. The molecule has 0 fully saturated rings. The van der Waals surface area contributed by atoms with Crippen molar-refractivity contribution in [1.82, 2.24) is 5.32 Å². The van der Waals surface area contributed by atoms with Crippen LogP contribution in [0, 0.1) is 0 Å². The van der Waals surface area contributed by atoms with E-state index in [1.807, 2.05) is 12.1 Å². The molecule has 0 radical (unpaired) electrons. The van der Waals surface area contributed by atoms with Crippen molar-refractivity contribution >= 4 is 5.69 Å². The van der Waals surface area contributed by atoms with Crippen molar-refractivity contribution in [2.75, 3.05) is 18.8 Å². The van der Waals surface area contributed by atoms with Crippen LogP contribution in [0.25, 0.3) is 0 Å². The number of benzene rings is 1. The van der Waals surface area contributed by atoms with Gasteiger partial charge in [0.15, 0.2) is 0 Å². The number of nitrogens with two attached hydrogens (primary N) is 1. The SMILES string of the molecule is Nc1ccc(CCNCCC2=CCCC=C2)cc1. The number of nitrogens with one attached hydrogen (secondary N) is 1. The average Bonchev–Trinajstić information content (AvgIpc) is 2.42. The van der Waals surface area contributed by atoms with Gasteiger partial charge in [-0.25, -0.2) is 0 Å². The standard InChI is InChI=1S/C16H22N2/c17-16-8-6-15(7-9-16)11-13-18-12-10-14-4-2-1-3-5-14/h2,4-9,18H,1,3,10-13,17H2. The molecule has 0 aliphatic heterocycles. The third kappa shape index (κ3) is 4.38. The maximum absolute atomic E-state index is 5.66. The van der Waals surface area contributed by atoms with Gasteiger partial charge in [-0.05, 0) is 56.5 Å². The van der Waals surface area contributed by atoms with E-state index in [1.54, 1.807) is 0 Å². The van der Waals surface area contributed by atoms with Crippen LogP contribution in [0.5, 0.6) is 0 Å². The minimum absolute atomic E-state index is 0.836. The summed E-state index contributed by atoms with van der Waals surface area (Å²) in [5, 5.41) is 3.49. The molecule has 3 N–H and O–H groups in total. The maximum atomic E-state index is 5.66. The Balaban J connectivity index is 1.60. The van der Waals surface area contributed by atoms with Crippen molar-refractivity contribution in [3.05, 3.63) is 53.6 Å². The summed E-state index contributed by atoms with van der Waals surface area (Å²) in [6.07, 6.45) is 11.5. The molecule has 0 amide bonds. The molecule has 2 heteroatoms. The second kappa shape index (κ2) is 7.02. The van der Waals surface area contributed by atoms with E-state index in [-0.39, 0.29) is 0 Å². The van der Waals surface area contributed by atoms with Crippen molar-refractivity contribution in [1.29, 1.82) is 0 Å². The highest BCUT2D eigenvalue weighted by Crippen LogP contribution is 2.12. The Kier molecular flexibility index (Phi) is 5.03. The van der Waals surface area contributed by atoms with E-state index >= 15 is 0 Å². The van der Waals surface area contributed by atoms with Gasteiger partial charge >= 0.3 is 0 Å². The van der Waals surface area contributed by atoms with Gasteiger partial charge in [-0.15, -0.1) is 0 Å². The number of hydrogen-bond acceptors (Lipinski definition) is 2. The van der Waals surface area contributed by atoms with E-state index in [9.17, 15) is 0 Å². The summed E-state index contributed by atoms with van der Waals surface area (Å²) in [5.41, 5.74) is 9.31. The lowest BCUT2D eigenvalue weighted by molar-refractivity contribution is 0.681. The lowest BCUT2D eigenvalue weighted by Gasteiger charge is -2.08. The number of anilines is 1. The first-order valence-corrected chi connectivity index (χ1v) is 6.75. The van der Waals surface area contributed by atoms with Crippen LogP contribution in [0.2, 0.25) is 0 Å². The molecule has 2 nitrogen and oxygen atoms in total. The Bertz CT molecular complexity index is 415. The highest BCUT2D eigenvalue weighted by Gasteiger charge is 1.97. The summed E-state index contributed by atoms with van der Waals surface area (Å²) in [7, 11) is 0. The van der Waals surface area contributed by atoms with Gasteiger partial charge in [0.05, 0.1) is 0 Å². The van der Waals surface area contributed by atoms with Crippen molar-refractivity contribution in [3.8, 4) is 0 Å². The zero-order valence-corrected chi connectivity index (χ0v) is 10.9. The molecule has 1 aromatic carbocycles. The zero-order valence-electron chi connectivity index (χ0n) is 10.9. The normalized spacial score (nSPS) is 14.6. The first kappa shape index (κ1) is 12.9. The molecular weight excluding hydrogens is 220 g/mol. The van der Waals surface area contributed by atoms with Crippen LogP contribution < -0.4 is 11.1 Å². The van der Waals surface area contributed by atoms with Crippen molar-refractivity contribution in [2.45, 2.75) is 25.7 Å². The minimum Gasteiger partial charge on any atom is -0.399 e. The van der Waals surface area contributed by atoms with Gasteiger partial charge in [0.1, 0.15) is 0 Å². The van der Waals surface area contributed by atoms with E-state index in [0.29, 0.717) is 0 Å². The van der Waals surface area contributed by atoms with Crippen LogP contribution in [-0.4, -0.2) is 13.1 Å². The van der Waals surface area contributed by atoms with Crippen LogP contribution in [0.4, 0.5) is 5.69 Å². The first-order chi connectivity index (χ1) is 8.84. The van der Waals surface area contributed by atoms with Gasteiger partial charge in [-0.3, -0.25) is 0 Å². The van der Waals surface area contributed by atoms with E-state index in [4.69, 9.17) is 5.73 Å². The highest BCUT2D eigenvalue weighted by atomic mass is 14.8. The fourth-order valence-corrected chi connectivity index (χ4v) is 2.13. The molecular formula is C16H22N2. The number of nitrogen functional groups attached to an aromatic ring is 1. The second-order valence-corrected chi connectivity index (χ2v) is 4.75. The molecule has 0 saturated heterocycles. The van der Waals surface area contributed by atoms with E-state index < -0.39 is 0 Å². The van der Waals surface area contributed by atoms with E-state index in [0.717, 1.165) is 31.6 Å². The summed E-state index contributed by atoms with van der Waals surface area (Å²) in [6, 6.07) is 8.13. The molecule has 0 heterocycles. The monoisotopic (exact) mass is 242 g/mol. The van der Waals surface area contributed by atoms with Gasteiger partial charge in [0.2, 0.25) is 0 Å². The molecule has 1 aliphatic carbocycles. The Morgan fingerprint density at radius 1 is 1.00 bits per heavy atom. The molecule has 2 rings (SSSR count). The highest BCUT2D eigenvalue weighted by molar-refractivity contribution is 5.39. The Hall–Kier alpha value is -1.54. The molecule has 0 aromatic heterocycles. The van der Waals surface area contributed by atoms with Gasteiger partial charge in [0.25, 0.3) is 0 Å². The Morgan fingerprint density at radius 2 is 1.78 bits per heavy atom. The second-order valence-electron chi connectivity index (χ2n) is 4.75. The molecule has 0 atom stereocenters. The molecule has 1 aliphatic rings. The van der Waals surface area contributed by atoms with Crippen LogP contribution >= 0.6 is 0 Å². The van der Waals surface area contributed by atoms with Gasteiger partial charge in [-0.1, -0.05) is 35.9 Å². The third-order valence-electron chi connectivity index (χ3n) is 3.23. The quantitative estimate of drug-likeness (QED) is 0.594. The lowest BCUT2D eigenvalue weighted by Crippen LogP contribution is -2.18. The molecule has 96 valence electrons. The van der Waals surface area contributed by atoms with Crippen molar-refractivity contribution < 1.29 is 0 Å². The van der Waals surface area contributed by atoms with E-state index in [2.05, 4.69) is 35.7 Å². The van der Waals surface area contributed by atoms with Crippen LogP contribution in [0.15, 0.2) is 48.1 Å². The predicted molar refractivity (Wildman–Crippen MR) is 78.5 cm³/mol. The molecule has 1 aromatic rings. The Labute approximate surface area is 110 Å². The minimum atomic E-state index is 0.836. The fraction of sp³-hybridized carbons (Fsp3) is 0.375. The maximum Gasteiger partial charge on any atom is 0.0314 e. The summed E-state index contributed by atoms with van der Waals surface area (Å²) in [4.78, 5) is 0. The van der Waals surface area contributed by atoms with Gasteiger partial charge in [-0.2, -0.15) is 0 Å². The number of hydrogen-bond donors (Lipinski definition) is 2. The van der Waals surface area contributed by atoms with Gasteiger partial charge in [0, 0.05) is 5.69 Å². The van der Waals surface area contributed by atoms with Crippen LogP contribution in [0.3, 0.4) is 0 Å². The summed E-state index contributed by atoms with van der Waals surface area (Å²) in [6.45, 7) is 2.09. The molecule has 0 saturated carbocycles. The summed E-state index contributed by atoms with van der Waals surface area (Å²) >= 11 is 0. The van der Waals surface area contributed by atoms with Crippen LogP contribution in [0.1, 0.15) is 24.8 Å². The van der Waals surface area contributed by atoms with Gasteiger partial charge < -0.3 is 11.1 Å². The number of allylic oxidation sites excluding steroid dienone is 3. The van der Waals surface area contributed by atoms with E-state index in [1.165, 1.54) is 24.0 Å².